The standard InChI is InChI=1S/C40H78O11/c1-8-15-22-42-29-31-33(43-23-16-9-2)36(46-26-19-12-5)38(48-28-21-14-7)40(51-31)49-30-32-34(44-24-17-10-3)35(45-25-18-11-4)37(39(41)50-32)47-27-20-13-6/h31-41H,8-30H2,1-7H3/t31?,32?,33-,34+,35?,36-,37?,38?,39-,40-/m0/s1. The lowest BCUT2D eigenvalue weighted by Gasteiger charge is -2.47. The minimum atomic E-state index is -1.20. The van der Waals surface area contributed by atoms with Crippen LogP contribution in [0.5, 0.6) is 0 Å². The molecule has 1 N–H and O–H groups in total. The van der Waals surface area contributed by atoms with Crippen LogP contribution in [-0.4, -0.2) is 126 Å². The Morgan fingerprint density at radius 2 is 0.725 bits per heavy atom. The summed E-state index contributed by atoms with van der Waals surface area (Å²) in [4.78, 5) is 0. The maximum absolute atomic E-state index is 11.3. The third-order valence-electron chi connectivity index (χ3n) is 9.40. The molecule has 10 atom stereocenters. The molecule has 2 fully saturated rings. The molecule has 0 amide bonds. The van der Waals surface area contributed by atoms with E-state index in [2.05, 4.69) is 48.5 Å². The molecular weight excluding hydrogens is 656 g/mol. The number of aliphatic hydroxyl groups excluding tert-OH is 1. The Morgan fingerprint density at radius 3 is 1.18 bits per heavy atom. The quantitative estimate of drug-likeness (QED) is 0.0700. The van der Waals surface area contributed by atoms with E-state index in [1.807, 2.05) is 0 Å². The van der Waals surface area contributed by atoms with Gasteiger partial charge in [0.1, 0.15) is 48.8 Å². The number of hydrogen-bond acceptors (Lipinski definition) is 11. The maximum Gasteiger partial charge on any atom is 0.187 e. The predicted octanol–water partition coefficient (Wildman–Crippen LogP) is 7.37. The van der Waals surface area contributed by atoms with E-state index in [1.165, 1.54) is 0 Å². The van der Waals surface area contributed by atoms with Crippen LogP contribution in [0.3, 0.4) is 0 Å². The summed E-state index contributed by atoms with van der Waals surface area (Å²) in [7, 11) is 0. The summed E-state index contributed by atoms with van der Waals surface area (Å²) in [5.74, 6) is 0. The highest BCUT2D eigenvalue weighted by Gasteiger charge is 2.51. The Bertz CT molecular complexity index is 792. The van der Waals surface area contributed by atoms with Gasteiger partial charge in [-0.2, -0.15) is 0 Å². The molecule has 11 heteroatoms. The van der Waals surface area contributed by atoms with Crippen molar-refractivity contribution in [3.05, 3.63) is 0 Å². The number of rotatable bonds is 32. The monoisotopic (exact) mass is 735 g/mol. The Balaban J connectivity index is 2.41. The highest BCUT2D eigenvalue weighted by molar-refractivity contribution is 4.95. The van der Waals surface area contributed by atoms with Crippen molar-refractivity contribution in [2.45, 2.75) is 200 Å². The summed E-state index contributed by atoms with van der Waals surface area (Å²) in [5.41, 5.74) is 0. The second-order valence-electron chi connectivity index (χ2n) is 14.0. The van der Waals surface area contributed by atoms with Crippen LogP contribution in [0, 0.1) is 0 Å². The average Bonchev–Trinajstić information content (AvgIpc) is 3.13. The van der Waals surface area contributed by atoms with E-state index in [0.717, 1.165) is 89.9 Å². The smallest absolute Gasteiger partial charge is 0.187 e. The summed E-state index contributed by atoms with van der Waals surface area (Å²) < 4.78 is 64.7. The first kappa shape index (κ1) is 46.7. The van der Waals surface area contributed by atoms with Gasteiger partial charge in [0, 0.05) is 46.2 Å². The number of hydrogen-bond donors (Lipinski definition) is 1. The normalized spacial score (nSPS) is 29.9. The van der Waals surface area contributed by atoms with E-state index in [1.54, 1.807) is 0 Å². The molecule has 2 heterocycles. The van der Waals surface area contributed by atoms with Gasteiger partial charge in [-0.15, -0.1) is 0 Å². The Kier molecular flexibility index (Phi) is 27.4. The minimum absolute atomic E-state index is 0.0912. The van der Waals surface area contributed by atoms with Gasteiger partial charge in [0.05, 0.1) is 13.2 Å². The molecule has 2 aliphatic rings. The summed E-state index contributed by atoms with van der Waals surface area (Å²) in [6, 6.07) is 0. The van der Waals surface area contributed by atoms with Crippen LogP contribution in [0.1, 0.15) is 138 Å². The molecule has 11 nitrogen and oxygen atoms in total. The van der Waals surface area contributed by atoms with Crippen LogP contribution >= 0.6 is 0 Å². The van der Waals surface area contributed by atoms with Crippen molar-refractivity contribution in [2.24, 2.45) is 0 Å². The van der Waals surface area contributed by atoms with Crippen LogP contribution in [0.4, 0.5) is 0 Å². The van der Waals surface area contributed by atoms with Crippen molar-refractivity contribution in [1.82, 2.24) is 0 Å². The zero-order chi connectivity index (χ0) is 37.1. The lowest BCUT2D eigenvalue weighted by atomic mass is 9.97. The molecule has 0 spiro atoms. The topological polar surface area (TPSA) is 113 Å². The van der Waals surface area contributed by atoms with Gasteiger partial charge in [0.2, 0.25) is 0 Å². The first-order valence-electron chi connectivity index (χ1n) is 20.9. The van der Waals surface area contributed by atoms with Gasteiger partial charge in [-0.25, -0.2) is 0 Å². The van der Waals surface area contributed by atoms with Crippen LogP contribution < -0.4 is 0 Å². The highest BCUT2D eigenvalue weighted by Crippen LogP contribution is 2.33. The van der Waals surface area contributed by atoms with Gasteiger partial charge in [0.15, 0.2) is 12.6 Å². The molecule has 0 radical (unpaired) electrons. The van der Waals surface area contributed by atoms with E-state index < -0.39 is 55.3 Å². The second-order valence-corrected chi connectivity index (χ2v) is 14.0. The lowest BCUT2D eigenvalue weighted by Crippen LogP contribution is -2.64. The van der Waals surface area contributed by atoms with Crippen LogP contribution in [0.15, 0.2) is 0 Å². The molecule has 5 unspecified atom stereocenters. The van der Waals surface area contributed by atoms with Crippen molar-refractivity contribution in [3.63, 3.8) is 0 Å². The molecule has 0 aromatic carbocycles. The molecular formula is C40H78O11. The van der Waals surface area contributed by atoms with Crippen molar-refractivity contribution < 1.29 is 52.5 Å². The average molecular weight is 735 g/mol. The van der Waals surface area contributed by atoms with Crippen molar-refractivity contribution in [2.75, 3.05) is 59.5 Å². The lowest BCUT2D eigenvalue weighted by molar-refractivity contribution is -0.345. The van der Waals surface area contributed by atoms with Crippen LogP contribution in [-0.2, 0) is 47.4 Å². The Morgan fingerprint density at radius 1 is 0.373 bits per heavy atom. The van der Waals surface area contributed by atoms with E-state index in [0.29, 0.717) is 52.9 Å². The van der Waals surface area contributed by atoms with Crippen LogP contribution in [0.2, 0.25) is 0 Å². The molecule has 2 saturated heterocycles. The number of aliphatic hydroxyl groups is 1. The highest BCUT2D eigenvalue weighted by atomic mass is 16.7. The van der Waals surface area contributed by atoms with E-state index >= 15 is 0 Å². The molecule has 304 valence electrons. The molecule has 0 saturated carbocycles. The molecule has 0 aromatic heterocycles. The number of ether oxygens (including phenoxy) is 10. The summed E-state index contributed by atoms with van der Waals surface area (Å²) in [5, 5.41) is 11.3. The van der Waals surface area contributed by atoms with E-state index in [4.69, 9.17) is 47.4 Å². The third-order valence-corrected chi connectivity index (χ3v) is 9.40. The minimum Gasteiger partial charge on any atom is -0.379 e. The fraction of sp³-hybridized carbons (Fsp3) is 1.00. The Labute approximate surface area is 311 Å². The van der Waals surface area contributed by atoms with Gasteiger partial charge < -0.3 is 52.5 Å². The second kappa shape index (κ2) is 29.9. The fourth-order valence-electron chi connectivity index (χ4n) is 6.13. The van der Waals surface area contributed by atoms with Gasteiger partial charge in [-0.05, 0) is 44.9 Å². The summed E-state index contributed by atoms with van der Waals surface area (Å²) in [6.45, 7) is 19.4. The molecule has 2 rings (SSSR count). The maximum atomic E-state index is 11.3. The van der Waals surface area contributed by atoms with E-state index in [-0.39, 0.29) is 12.7 Å². The fourth-order valence-corrected chi connectivity index (χ4v) is 6.13. The predicted molar refractivity (Wildman–Crippen MR) is 199 cm³/mol. The molecule has 0 aromatic rings. The largest absolute Gasteiger partial charge is 0.379 e. The number of unbranched alkanes of at least 4 members (excludes halogenated alkanes) is 7. The van der Waals surface area contributed by atoms with Gasteiger partial charge in [0.25, 0.3) is 0 Å². The van der Waals surface area contributed by atoms with Crippen LogP contribution in [0.25, 0.3) is 0 Å². The van der Waals surface area contributed by atoms with Crippen molar-refractivity contribution in [3.8, 4) is 0 Å². The molecule has 2 aliphatic heterocycles. The van der Waals surface area contributed by atoms with Gasteiger partial charge in [-0.3, -0.25) is 0 Å². The van der Waals surface area contributed by atoms with Crippen molar-refractivity contribution >= 4 is 0 Å². The zero-order valence-electron chi connectivity index (χ0n) is 33.6. The van der Waals surface area contributed by atoms with E-state index in [9.17, 15) is 5.11 Å². The summed E-state index contributed by atoms with van der Waals surface area (Å²) >= 11 is 0. The molecule has 0 aliphatic carbocycles. The first-order valence-corrected chi connectivity index (χ1v) is 20.9. The Hall–Kier alpha value is -0.440. The molecule has 0 bridgehead atoms. The zero-order valence-corrected chi connectivity index (χ0v) is 33.6. The summed E-state index contributed by atoms with van der Waals surface area (Å²) in [6.07, 6.45) is 7.39. The van der Waals surface area contributed by atoms with Gasteiger partial charge in [-0.1, -0.05) is 93.4 Å². The molecule has 51 heavy (non-hydrogen) atoms. The SMILES string of the molecule is CCCCOCC1O[C@H](OCC2O[C@H](O)C(OCCCC)C(OCCCC)[C@@H]2OCCCC)C(OCCCC)[C@@H](OCCCC)[C@H]1OCCCC. The first-order chi connectivity index (χ1) is 25.0. The third kappa shape index (κ3) is 17.3. The van der Waals surface area contributed by atoms with Crippen molar-refractivity contribution in [1.29, 1.82) is 0 Å². The van der Waals surface area contributed by atoms with Gasteiger partial charge >= 0.3 is 0 Å².